The minimum Gasteiger partial charge on any atom is -0.370 e. The number of anilines is 1. The van der Waals surface area contributed by atoms with Gasteiger partial charge in [-0.3, -0.25) is 4.99 Å². The van der Waals surface area contributed by atoms with Crippen LogP contribution in [-0.4, -0.2) is 12.5 Å². The third-order valence-corrected chi connectivity index (χ3v) is 2.11. The Morgan fingerprint density at radius 2 is 2.25 bits per heavy atom. The second-order valence-electron chi connectivity index (χ2n) is 3.87. The van der Waals surface area contributed by atoms with E-state index >= 15 is 0 Å². The molecule has 0 atom stereocenters. The Bertz CT molecular complexity index is 391. The molecule has 5 heteroatoms. The van der Waals surface area contributed by atoms with E-state index in [2.05, 4.69) is 10.3 Å². The zero-order chi connectivity index (χ0) is 12.1. The van der Waals surface area contributed by atoms with Gasteiger partial charge in [-0.05, 0) is 24.1 Å². The van der Waals surface area contributed by atoms with E-state index in [9.17, 15) is 4.39 Å². The van der Waals surface area contributed by atoms with E-state index in [1.54, 1.807) is 6.07 Å². The smallest absolute Gasteiger partial charge is 0.193 e. The van der Waals surface area contributed by atoms with Crippen LogP contribution >= 0.6 is 11.6 Å². The zero-order valence-corrected chi connectivity index (χ0v) is 10.1. The third kappa shape index (κ3) is 4.06. The number of benzene rings is 1. The summed E-state index contributed by atoms with van der Waals surface area (Å²) in [6.45, 7) is 4.74. The molecule has 16 heavy (non-hydrogen) atoms. The first-order chi connectivity index (χ1) is 7.49. The largest absolute Gasteiger partial charge is 0.370 e. The van der Waals surface area contributed by atoms with Gasteiger partial charge in [0.2, 0.25) is 0 Å². The van der Waals surface area contributed by atoms with Crippen LogP contribution in [0.2, 0.25) is 5.02 Å². The Labute approximate surface area is 99.5 Å². The van der Waals surface area contributed by atoms with Crippen LogP contribution in [0.4, 0.5) is 10.1 Å². The second kappa shape index (κ2) is 5.70. The molecule has 0 aromatic heterocycles. The Kier molecular flexibility index (Phi) is 4.55. The minimum absolute atomic E-state index is 0.0571. The molecule has 1 aromatic rings. The Hall–Kier alpha value is -1.29. The number of guanidine groups is 1. The van der Waals surface area contributed by atoms with E-state index in [0.717, 1.165) is 0 Å². The molecule has 0 bridgehead atoms. The van der Waals surface area contributed by atoms with Crippen molar-refractivity contribution in [2.45, 2.75) is 13.8 Å². The fraction of sp³-hybridized carbons (Fsp3) is 0.364. The van der Waals surface area contributed by atoms with E-state index in [1.807, 2.05) is 13.8 Å². The molecule has 3 N–H and O–H groups in total. The summed E-state index contributed by atoms with van der Waals surface area (Å²) in [4.78, 5) is 4.12. The predicted molar refractivity (Wildman–Crippen MR) is 66.4 cm³/mol. The van der Waals surface area contributed by atoms with Crippen LogP contribution in [0.1, 0.15) is 13.8 Å². The van der Waals surface area contributed by atoms with Gasteiger partial charge in [0.25, 0.3) is 0 Å². The topological polar surface area (TPSA) is 50.4 Å². The lowest BCUT2D eigenvalue weighted by atomic mass is 10.2. The van der Waals surface area contributed by atoms with Crippen molar-refractivity contribution in [1.29, 1.82) is 0 Å². The number of rotatable bonds is 3. The van der Waals surface area contributed by atoms with Gasteiger partial charge in [0.05, 0.1) is 5.02 Å². The van der Waals surface area contributed by atoms with Crippen LogP contribution < -0.4 is 11.1 Å². The van der Waals surface area contributed by atoms with E-state index in [4.69, 9.17) is 17.3 Å². The molecule has 0 fully saturated rings. The molecule has 0 radical (unpaired) electrons. The fourth-order valence-electron chi connectivity index (χ4n) is 1.04. The van der Waals surface area contributed by atoms with Crippen molar-refractivity contribution in [2.75, 3.05) is 11.9 Å². The number of aliphatic imine (C=N–C) groups is 1. The van der Waals surface area contributed by atoms with Crippen LogP contribution in [0, 0.1) is 11.7 Å². The molecule has 0 aliphatic rings. The van der Waals surface area contributed by atoms with Crippen LogP contribution in [0.3, 0.4) is 0 Å². The average molecular weight is 244 g/mol. The normalized spacial score (nSPS) is 11.9. The molecule has 0 saturated heterocycles. The quantitative estimate of drug-likeness (QED) is 0.634. The highest BCUT2D eigenvalue weighted by Crippen LogP contribution is 2.18. The fourth-order valence-corrected chi connectivity index (χ4v) is 1.22. The summed E-state index contributed by atoms with van der Waals surface area (Å²) in [5.74, 6) is 0.290. The van der Waals surface area contributed by atoms with Crippen LogP contribution in [0.5, 0.6) is 0 Å². The molecule has 0 saturated carbocycles. The first kappa shape index (κ1) is 12.8. The summed E-state index contributed by atoms with van der Waals surface area (Å²) in [6, 6.07) is 4.30. The lowest BCUT2D eigenvalue weighted by Gasteiger charge is -2.07. The second-order valence-corrected chi connectivity index (χ2v) is 4.28. The monoisotopic (exact) mass is 243 g/mol. The number of nitrogens with one attached hydrogen (secondary N) is 1. The molecule has 3 nitrogen and oxygen atoms in total. The maximum absolute atomic E-state index is 12.9. The summed E-state index contributed by atoms with van der Waals surface area (Å²) in [5.41, 5.74) is 6.27. The molecule has 0 amide bonds. The molecule has 88 valence electrons. The predicted octanol–water partition coefficient (Wildman–Crippen LogP) is 2.86. The van der Waals surface area contributed by atoms with Crippen molar-refractivity contribution < 1.29 is 4.39 Å². The van der Waals surface area contributed by atoms with Crippen molar-refractivity contribution in [1.82, 2.24) is 0 Å². The van der Waals surface area contributed by atoms with Gasteiger partial charge in [0.1, 0.15) is 5.82 Å². The first-order valence-electron chi connectivity index (χ1n) is 5.01. The van der Waals surface area contributed by atoms with Gasteiger partial charge in [-0.1, -0.05) is 25.4 Å². The van der Waals surface area contributed by atoms with Gasteiger partial charge in [-0.15, -0.1) is 0 Å². The van der Waals surface area contributed by atoms with Crippen molar-refractivity contribution in [3.63, 3.8) is 0 Å². The molecule has 0 unspecified atom stereocenters. The average Bonchev–Trinajstić information content (AvgIpc) is 2.21. The van der Waals surface area contributed by atoms with Gasteiger partial charge < -0.3 is 11.1 Å². The van der Waals surface area contributed by atoms with Gasteiger partial charge >= 0.3 is 0 Å². The number of halogens is 2. The lowest BCUT2D eigenvalue weighted by molar-refractivity contribution is 0.628. The van der Waals surface area contributed by atoms with E-state index in [1.165, 1.54) is 12.1 Å². The summed E-state index contributed by atoms with van der Waals surface area (Å²) in [7, 11) is 0. The van der Waals surface area contributed by atoms with Crippen molar-refractivity contribution in [3.05, 3.63) is 29.0 Å². The molecule has 0 aliphatic heterocycles. The van der Waals surface area contributed by atoms with E-state index in [0.29, 0.717) is 24.1 Å². The molecule has 1 aromatic carbocycles. The van der Waals surface area contributed by atoms with Crippen molar-refractivity contribution >= 4 is 23.2 Å². The summed E-state index contributed by atoms with van der Waals surface area (Å²) < 4.78 is 12.9. The SMILES string of the molecule is CC(C)CN=C(N)Nc1ccc(F)c(Cl)c1. The van der Waals surface area contributed by atoms with Gasteiger partial charge in [-0.25, -0.2) is 4.39 Å². The van der Waals surface area contributed by atoms with E-state index < -0.39 is 5.82 Å². The maximum Gasteiger partial charge on any atom is 0.193 e. The molecular weight excluding hydrogens is 229 g/mol. The van der Waals surface area contributed by atoms with Crippen molar-refractivity contribution in [3.8, 4) is 0 Å². The lowest BCUT2D eigenvalue weighted by Crippen LogP contribution is -2.23. The molecule has 1 rings (SSSR count). The molecule has 0 heterocycles. The third-order valence-electron chi connectivity index (χ3n) is 1.82. The highest BCUT2D eigenvalue weighted by molar-refractivity contribution is 6.31. The van der Waals surface area contributed by atoms with Gasteiger partial charge in [-0.2, -0.15) is 0 Å². The summed E-state index contributed by atoms with van der Waals surface area (Å²) in [6.07, 6.45) is 0. The Morgan fingerprint density at radius 1 is 1.56 bits per heavy atom. The Balaban J connectivity index is 2.66. The molecule has 0 aliphatic carbocycles. The Morgan fingerprint density at radius 3 is 2.81 bits per heavy atom. The minimum atomic E-state index is -0.454. The van der Waals surface area contributed by atoms with Crippen LogP contribution in [-0.2, 0) is 0 Å². The number of hydrogen-bond acceptors (Lipinski definition) is 1. The highest BCUT2D eigenvalue weighted by atomic mass is 35.5. The standard InChI is InChI=1S/C11H15ClFN3/c1-7(2)6-15-11(14)16-8-3-4-10(13)9(12)5-8/h3-5,7H,6H2,1-2H3,(H3,14,15,16). The van der Waals surface area contributed by atoms with Crippen molar-refractivity contribution in [2.24, 2.45) is 16.6 Å². The summed E-state index contributed by atoms with van der Waals surface area (Å²) >= 11 is 5.63. The number of nitrogens with two attached hydrogens (primary N) is 1. The number of hydrogen-bond donors (Lipinski definition) is 2. The highest BCUT2D eigenvalue weighted by Gasteiger charge is 2.01. The zero-order valence-electron chi connectivity index (χ0n) is 9.30. The van der Waals surface area contributed by atoms with E-state index in [-0.39, 0.29) is 5.02 Å². The molecular formula is C11H15ClFN3. The summed E-state index contributed by atoms with van der Waals surface area (Å²) in [5, 5.41) is 2.90. The first-order valence-corrected chi connectivity index (χ1v) is 5.39. The molecule has 0 spiro atoms. The van der Waals surface area contributed by atoms with Crippen LogP contribution in [0.25, 0.3) is 0 Å². The number of nitrogens with zero attached hydrogens (tertiary/aromatic N) is 1. The van der Waals surface area contributed by atoms with Crippen LogP contribution in [0.15, 0.2) is 23.2 Å². The maximum atomic E-state index is 12.9. The van der Waals surface area contributed by atoms with Gasteiger partial charge in [0, 0.05) is 12.2 Å². The van der Waals surface area contributed by atoms with Gasteiger partial charge in [0.15, 0.2) is 5.96 Å².